The number of unbranched alkanes of at least 4 members (excludes halogenated alkanes) is 16. The molecule has 0 N–H and O–H groups in total. The molecule has 0 fully saturated rings. The Labute approximate surface area is 216 Å². The first-order valence-corrected chi connectivity index (χ1v) is 14.5. The molecule has 0 aromatic rings. The second-order valence-corrected chi connectivity index (χ2v) is 10.1. The number of hydrogen-bond donors (Lipinski definition) is 0. The number of rotatable bonds is 25. The number of alkyl halides is 5. The predicted octanol–water partition coefficient (Wildman–Crippen LogP) is 9.48. The molecule has 0 saturated heterocycles. The number of halogens is 5. The van der Waals surface area contributed by atoms with Crippen LogP contribution in [-0.4, -0.2) is 49.2 Å². The Morgan fingerprint density at radius 3 is 1.31 bits per heavy atom. The van der Waals surface area contributed by atoms with E-state index < -0.39 is 24.7 Å². The summed E-state index contributed by atoms with van der Waals surface area (Å²) in [5.41, 5.74) is 0. The maximum absolute atomic E-state index is 13.0. The average Bonchev–Trinajstić information content (AvgIpc) is 2.82. The average molecular weight is 530 g/mol. The van der Waals surface area contributed by atoms with E-state index in [1.807, 2.05) is 0 Å². The quantitative estimate of drug-likeness (QED) is 0.0670. The number of ether oxygens (including phenoxy) is 1. The third-order valence-electron chi connectivity index (χ3n) is 6.62. The van der Waals surface area contributed by atoms with Crippen molar-refractivity contribution < 1.29 is 31.5 Å². The summed E-state index contributed by atoms with van der Waals surface area (Å²) in [6.45, 7) is 4.39. The largest absolute Gasteiger partial charge is 0.459 e. The van der Waals surface area contributed by atoms with Crippen molar-refractivity contribution in [3.63, 3.8) is 0 Å². The van der Waals surface area contributed by atoms with Gasteiger partial charge < -0.3 is 9.64 Å². The van der Waals surface area contributed by atoms with Crippen LogP contribution in [0.5, 0.6) is 0 Å². The van der Waals surface area contributed by atoms with Crippen LogP contribution in [0.25, 0.3) is 0 Å². The Morgan fingerprint density at radius 1 is 0.583 bits per heavy atom. The van der Waals surface area contributed by atoms with E-state index in [-0.39, 0.29) is 6.42 Å². The van der Waals surface area contributed by atoms with E-state index in [1.165, 1.54) is 89.9 Å². The van der Waals surface area contributed by atoms with Gasteiger partial charge in [-0.2, -0.15) is 22.0 Å². The van der Waals surface area contributed by atoms with Gasteiger partial charge in [0.05, 0.1) is 6.42 Å². The van der Waals surface area contributed by atoms with E-state index in [2.05, 4.69) is 23.5 Å². The molecule has 0 radical (unpaired) electrons. The molecule has 0 saturated carbocycles. The normalized spacial score (nSPS) is 12.4. The summed E-state index contributed by atoms with van der Waals surface area (Å²) in [5, 5.41) is 0. The van der Waals surface area contributed by atoms with Gasteiger partial charge in [-0.15, -0.1) is 0 Å². The summed E-state index contributed by atoms with van der Waals surface area (Å²) >= 11 is 0. The van der Waals surface area contributed by atoms with Gasteiger partial charge in [-0.05, 0) is 25.9 Å². The third kappa shape index (κ3) is 20.2. The van der Waals surface area contributed by atoms with Crippen LogP contribution in [0, 0.1) is 0 Å². The van der Waals surface area contributed by atoms with Crippen molar-refractivity contribution >= 4 is 5.97 Å². The Morgan fingerprint density at radius 2 is 0.944 bits per heavy atom. The zero-order chi connectivity index (χ0) is 27.1. The summed E-state index contributed by atoms with van der Waals surface area (Å²) in [4.78, 5) is 13.9. The Bertz CT molecular complexity index is 493. The van der Waals surface area contributed by atoms with Crippen molar-refractivity contribution in [3.05, 3.63) is 0 Å². The molecule has 0 aliphatic carbocycles. The first-order valence-electron chi connectivity index (χ1n) is 14.5. The van der Waals surface area contributed by atoms with E-state index in [0.717, 1.165) is 38.8 Å². The number of esters is 1. The van der Waals surface area contributed by atoms with E-state index >= 15 is 0 Å². The van der Waals surface area contributed by atoms with Crippen molar-refractivity contribution in [2.75, 3.05) is 26.2 Å². The molecule has 0 aromatic carbocycles. The van der Waals surface area contributed by atoms with Gasteiger partial charge in [0.15, 0.2) is 6.61 Å². The molecular weight excluding hydrogens is 477 g/mol. The lowest BCUT2D eigenvalue weighted by Crippen LogP contribution is -2.41. The summed E-state index contributed by atoms with van der Waals surface area (Å²) in [6, 6.07) is 0. The Balaban J connectivity index is 4.27. The molecule has 0 heterocycles. The lowest BCUT2D eigenvalue weighted by molar-refractivity contribution is -0.294. The van der Waals surface area contributed by atoms with Crippen LogP contribution in [0.15, 0.2) is 0 Å². The molecule has 0 rings (SSSR count). The fourth-order valence-electron chi connectivity index (χ4n) is 4.20. The van der Waals surface area contributed by atoms with Gasteiger partial charge in [-0.25, -0.2) is 0 Å². The maximum Gasteiger partial charge on any atom is 0.456 e. The van der Waals surface area contributed by atoms with Gasteiger partial charge in [0.25, 0.3) is 0 Å². The highest BCUT2D eigenvalue weighted by atomic mass is 19.4. The minimum absolute atomic E-state index is 0.178. The smallest absolute Gasteiger partial charge is 0.456 e. The number of carbonyl (C=O) groups is 1. The van der Waals surface area contributed by atoms with Gasteiger partial charge in [0, 0.05) is 6.54 Å². The molecule has 0 bridgehead atoms. The Kier molecular flexibility index (Phi) is 21.5. The van der Waals surface area contributed by atoms with E-state index in [0.29, 0.717) is 6.54 Å². The Hall–Kier alpha value is -0.920. The number of nitrogens with zero attached hydrogens (tertiary/aromatic N) is 1. The lowest BCUT2D eigenvalue weighted by atomic mass is 10.1. The third-order valence-corrected chi connectivity index (χ3v) is 6.62. The number of hydrogen-bond acceptors (Lipinski definition) is 3. The molecule has 8 heteroatoms. The molecule has 0 aliphatic rings. The SMILES string of the molecule is CCCCCCCCCCCN(CCCCCCCCCCC)CCC(=O)OCC(F)(F)C(F)(F)F. The monoisotopic (exact) mass is 529 g/mol. The highest BCUT2D eigenvalue weighted by Crippen LogP contribution is 2.35. The minimum Gasteiger partial charge on any atom is -0.459 e. The molecule has 0 atom stereocenters. The fourth-order valence-corrected chi connectivity index (χ4v) is 4.20. The molecule has 0 aliphatic heterocycles. The van der Waals surface area contributed by atoms with Gasteiger partial charge in [-0.3, -0.25) is 4.79 Å². The van der Waals surface area contributed by atoms with Crippen LogP contribution in [0.2, 0.25) is 0 Å². The summed E-state index contributed by atoms with van der Waals surface area (Å²) in [7, 11) is 0. The van der Waals surface area contributed by atoms with Crippen molar-refractivity contribution in [2.45, 2.75) is 148 Å². The van der Waals surface area contributed by atoms with Gasteiger partial charge >= 0.3 is 18.1 Å². The zero-order valence-electron chi connectivity index (χ0n) is 22.9. The predicted molar refractivity (Wildman–Crippen MR) is 137 cm³/mol. The first kappa shape index (κ1) is 35.1. The minimum atomic E-state index is -5.72. The maximum atomic E-state index is 13.0. The zero-order valence-corrected chi connectivity index (χ0v) is 22.9. The van der Waals surface area contributed by atoms with Gasteiger partial charge in [-0.1, -0.05) is 117 Å². The molecule has 0 amide bonds. The van der Waals surface area contributed by atoms with Crippen molar-refractivity contribution in [3.8, 4) is 0 Å². The summed E-state index contributed by atoms with van der Waals surface area (Å²) < 4.78 is 67.0. The summed E-state index contributed by atoms with van der Waals surface area (Å²) in [6.07, 6.45) is 15.9. The van der Waals surface area contributed by atoms with Crippen LogP contribution in [0.4, 0.5) is 22.0 Å². The summed E-state index contributed by atoms with van der Waals surface area (Å²) in [5.74, 6) is -6.03. The molecule has 0 unspecified atom stereocenters. The second-order valence-electron chi connectivity index (χ2n) is 10.1. The fraction of sp³-hybridized carbons (Fsp3) is 0.964. The van der Waals surface area contributed by atoms with Crippen LogP contribution in [0.1, 0.15) is 136 Å². The molecule has 216 valence electrons. The molecular formula is C28H52F5NO2. The molecule has 0 spiro atoms. The first-order chi connectivity index (χ1) is 17.1. The van der Waals surface area contributed by atoms with E-state index in [1.54, 1.807) is 0 Å². The van der Waals surface area contributed by atoms with Crippen LogP contribution in [-0.2, 0) is 9.53 Å². The number of carbonyl (C=O) groups excluding carboxylic acids is 1. The van der Waals surface area contributed by atoms with Crippen LogP contribution in [0.3, 0.4) is 0 Å². The van der Waals surface area contributed by atoms with Crippen molar-refractivity contribution in [1.29, 1.82) is 0 Å². The highest BCUT2D eigenvalue weighted by Gasteiger charge is 2.58. The van der Waals surface area contributed by atoms with Crippen molar-refractivity contribution in [2.24, 2.45) is 0 Å². The standard InChI is InChI=1S/C28H52F5NO2/c1-3-5-7-9-11-13-15-17-19-22-34(23-20-18-16-14-12-10-8-6-4-2)24-21-26(35)36-25-27(29,30)28(31,32)33/h3-25H2,1-2H3. The van der Waals surface area contributed by atoms with E-state index in [9.17, 15) is 26.7 Å². The van der Waals surface area contributed by atoms with Crippen molar-refractivity contribution in [1.82, 2.24) is 4.90 Å². The van der Waals surface area contributed by atoms with Crippen LogP contribution >= 0.6 is 0 Å². The highest BCUT2D eigenvalue weighted by molar-refractivity contribution is 5.69. The lowest BCUT2D eigenvalue weighted by Gasteiger charge is -2.23. The van der Waals surface area contributed by atoms with Gasteiger partial charge in [0.2, 0.25) is 0 Å². The van der Waals surface area contributed by atoms with Crippen LogP contribution < -0.4 is 0 Å². The van der Waals surface area contributed by atoms with Gasteiger partial charge in [0.1, 0.15) is 0 Å². The molecule has 3 nitrogen and oxygen atoms in total. The van der Waals surface area contributed by atoms with E-state index in [4.69, 9.17) is 0 Å². The second kappa shape index (κ2) is 22.1. The molecule has 0 aromatic heterocycles. The topological polar surface area (TPSA) is 29.5 Å². The molecule has 36 heavy (non-hydrogen) atoms.